The number of hydrogen-bond acceptors (Lipinski definition) is 2. The Hall–Kier alpha value is -1.81. The first-order valence-electron chi connectivity index (χ1n) is 6.84. The van der Waals surface area contributed by atoms with Crippen LogP contribution in [0.5, 0.6) is 0 Å². The zero-order valence-corrected chi connectivity index (χ0v) is 10.9. The van der Waals surface area contributed by atoms with Gasteiger partial charge in [-0.2, -0.15) is 0 Å². The third-order valence-corrected chi connectivity index (χ3v) is 3.94. The number of nitrogens with zero attached hydrogens (tertiary/aromatic N) is 1. The number of likely N-dealkylation sites (tertiary alicyclic amines) is 1. The van der Waals surface area contributed by atoms with E-state index in [0.29, 0.717) is 12.5 Å². The van der Waals surface area contributed by atoms with Gasteiger partial charge in [0.15, 0.2) is 0 Å². The molecule has 0 bridgehead atoms. The summed E-state index contributed by atoms with van der Waals surface area (Å²) in [6, 6.07) is 7.81. The summed E-state index contributed by atoms with van der Waals surface area (Å²) >= 11 is 0. The van der Waals surface area contributed by atoms with Crippen molar-refractivity contribution in [1.82, 2.24) is 9.88 Å². The van der Waals surface area contributed by atoms with Gasteiger partial charge in [-0.3, -0.25) is 4.79 Å². The van der Waals surface area contributed by atoms with Gasteiger partial charge in [-0.25, -0.2) is 0 Å². The Balaban J connectivity index is 1.82. The molecule has 3 N–H and O–H groups in total. The van der Waals surface area contributed by atoms with Crippen LogP contribution >= 0.6 is 0 Å². The molecule has 2 heterocycles. The normalized spacial score (nSPS) is 19.8. The van der Waals surface area contributed by atoms with E-state index in [0.717, 1.165) is 42.4 Å². The van der Waals surface area contributed by atoms with Gasteiger partial charge in [-0.1, -0.05) is 0 Å². The molecule has 1 atom stereocenters. The highest BCUT2D eigenvalue weighted by Gasteiger charge is 2.23. The number of aromatic nitrogens is 1. The molecule has 19 heavy (non-hydrogen) atoms. The monoisotopic (exact) mass is 257 g/mol. The molecule has 1 unspecified atom stereocenters. The van der Waals surface area contributed by atoms with E-state index in [1.807, 2.05) is 35.4 Å². The summed E-state index contributed by atoms with van der Waals surface area (Å²) in [5, 5.41) is 1.08. The number of aromatic amines is 1. The van der Waals surface area contributed by atoms with Crippen molar-refractivity contribution in [3.05, 3.63) is 36.0 Å². The van der Waals surface area contributed by atoms with Gasteiger partial charge in [0.05, 0.1) is 0 Å². The smallest absolute Gasteiger partial charge is 0.253 e. The van der Waals surface area contributed by atoms with E-state index in [1.165, 1.54) is 0 Å². The fraction of sp³-hybridized carbons (Fsp3) is 0.400. The van der Waals surface area contributed by atoms with Crippen molar-refractivity contribution in [1.29, 1.82) is 0 Å². The van der Waals surface area contributed by atoms with Gasteiger partial charge in [0.1, 0.15) is 0 Å². The van der Waals surface area contributed by atoms with Crippen LogP contribution in [0.2, 0.25) is 0 Å². The van der Waals surface area contributed by atoms with Crippen LogP contribution in [0, 0.1) is 5.92 Å². The van der Waals surface area contributed by atoms with E-state index in [-0.39, 0.29) is 5.91 Å². The zero-order chi connectivity index (χ0) is 13.2. The second kappa shape index (κ2) is 5.05. The van der Waals surface area contributed by atoms with E-state index in [2.05, 4.69) is 4.98 Å². The van der Waals surface area contributed by atoms with Crippen molar-refractivity contribution in [3.8, 4) is 0 Å². The number of carbonyl (C=O) groups excluding carboxylic acids is 1. The lowest BCUT2D eigenvalue weighted by molar-refractivity contribution is 0.0678. The number of hydrogen-bond donors (Lipinski definition) is 2. The van der Waals surface area contributed by atoms with Gasteiger partial charge in [0.25, 0.3) is 5.91 Å². The summed E-state index contributed by atoms with van der Waals surface area (Å²) in [5.41, 5.74) is 7.56. The van der Waals surface area contributed by atoms with Crippen molar-refractivity contribution >= 4 is 16.8 Å². The minimum Gasteiger partial charge on any atom is -0.361 e. The van der Waals surface area contributed by atoms with Crippen LogP contribution in [0.1, 0.15) is 23.2 Å². The van der Waals surface area contributed by atoms with Crippen molar-refractivity contribution in [2.24, 2.45) is 11.7 Å². The topological polar surface area (TPSA) is 62.1 Å². The van der Waals surface area contributed by atoms with Gasteiger partial charge in [0, 0.05) is 35.8 Å². The fourth-order valence-corrected chi connectivity index (χ4v) is 2.81. The summed E-state index contributed by atoms with van der Waals surface area (Å²) in [6.07, 6.45) is 4.08. The first-order chi connectivity index (χ1) is 9.28. The minimum absolute atomic E-state index is 0.126. The van der Waals surface area contributed by atoms with Crippen LogP contribution < -0.4 is 5.73 Å². The number of nitrogens with one attached hydrogen (secondary N) is 1. The first-order valence-corrected chi connectivity index (χ1v) is 6.84. The molecule has 1 amide bonds. The number of piperidine rings is 1. The Kier molecular flexibility index (Phi) is 3.25. The van der Waals surface area contributed by atoms with Gasteiger partial charge in [-0.05, 0) is 49.6 Å². The van der Waals surface area contributed by atoms with E-state index in [9.17, 15) is 4.79 Å². The fourth-order valence-electron chi connectivity index (χ4n) is 2.81. The third kappa shape index (κ3) is 2.36. The van der Waals surface area contributed by atoms with Gasteiger partial charge in [0.2, 0.25) is 0 Å². The first kappa shape index (κ1) is 12.2. The molecule has 4 nitrogen and oxygen atoms in total. The minimum atomic E-state index is 0.126. The Labute approximate surface area is 112 Å². The maximum atomic E-state index is 12.5. The maximum absolute atomic E-state index is 12.5. The number of benzene rings is 1. The van der Waals surface area contributed by atoms with Crippen LogP contribution in [-0.4, -0.2) is 35.4 Å². The van der Waals surface area contributed by atoms with Gasteiger partial charge >= 0.3 is 0 Å². The summed E-state index contributed by atoms with van der Waals surface area (Å²) in [7, 11) is 0. The molecule has 0 radical (unpaired) electrons. The van der Waals surface area contributed by atoms with Crippen molar-refractivity contribution in [3.63, 3.8) is 0 Å². The number of H-pyrrole nitrogens is 1. The second-order valence-electron chi connectivity index (χ2n) is 5.27. The Morgan fingerprint density at radius 2 is 2.32 bits per heavy atom. The molecule has 0 aliphatic carbocycles. The van der Waals surface area contributed by atoms with Crippen LogP contribution in [0.15, 0.2) is 30.5 Å². The number of rotatable bonds is 2. The molecule has 0 saturated carbocycles. The molecular formula is C15H19N3O. The van der Waals surface area contributed by atoms with Crippen LogP contribution in [0.4, 0.5) is 0 Å². The zero-order valence-electron chi connectivity index (χ0n) is 10.9. The predicted molar refractivity (Wildman–Crippen MR) is 76.0 cm³/mol. The highest BCUT2D eigenvalue weighted by molar-refractivity contribution is 5.98. The number of carbonyl (C=O) groups is 1. The van der Waals surface area contributed by atoms with Crippen LogP contribution in [-0.2, 0) is 0 Å². The number of nitrogens with two attached hydrogens (primary N) is 1. The van der Waals surface area contributed by atoms with Crippen LogP contribution in [0.3, 0.4) is 0 Å². The lowest BCUT2D eigenvalue weighted by Gasteiger charge is -2.32. The van der Waals surface area contributed by atoms with E-state index >= 15 is 0 Å². The van der Waals surface area contributed by atoms with Crippen molar-refractivity contribution in [2.45, 2.75) is 12.8 Å². The average Bonchev–Trinajstić information content (AvgIpc) is 2.94. The SMILES string of the molecule is NCC1CCCN(C(=O)c2ccc3[nH]ccc3c2)C1. The molecule has 1 aromatic heterocycles. The molecule has 4 heteroatoms. The van der Waals surface area contributed by atoms with E-state index in [4.69, 9.17) is 5.73 Å². The lowest BCUT2D eigenvalue weighted by atomic mass is 9.97. The highest BCUT2D eigenvalue weighted by Crippen LogP contribution is 2.20. The Morgan fingerprint density at radius 1 is 1.42 bits per heavy atom. The molecule has 1 saturated heterocycles. The molecular weight excluding hydrogens is 238 g/mol. The standard InChI is InChI=1S/C15H19N3O/c16-9-11-2-1-7-18(10-11)15(19)13-3-4-14-12(8-13)5-6-17-14/h3-6,8,11,17H,1-2,7,9-10,16H2. The maximum Gasteiger partial charge on any atom is 0.253 e. The molecule has 1 aromatic carbocycles. The molecule has 1 aliphatic rings. The van der Waals surface area contributed by atoms with E-state index < -0.39 is 0 Å². The van der Waals surface area contributed by atoms with Crippen molar-refractivity contribution in [2.75, 3.05) is 19.6 Å². The molecule has 3 rings (SSSR count). The Bertz CT molecular complexity index is 590. The summed E-state index contributed by atoms with van der Waals surface area (Å²) < 4.78 is 0. The average molecular weight is 257 g/mol. The largest absolute Gasteiger partial charge is 0.361 e. The van der Waals surface area contributed by atoms with Crippen molar-refractivity contribution < 1.29 is 4.79 Å². The third-order valence-electron chi connectivity index (χ3n) is 3.94. The van der Waals surface area contributed by atoms with Gasteiger partial charge < -0.3 is 15.6 Å². The molecule has 100 valence electrons. The second-order valence-corrected chi connectivity index (χ2v) is 5.27. The summed E-state index contributed by atoms with van der Waals surface area (Å²) in [6.45, 7) is 2.31. The Morgan fingerprint density at radius 3 is 3.16 bits per heavy atom. The predicted octanol–water partition coefficient (Wildman–Crippen LogP) is 1.98. The summed E-state index contributed by atoms with van der Waals surface area (Å²) in [4.78, 5) is 17.6. The molecule has 0 spiro atoms. The number of fused-ring (bicyclic) bond motifs is 1. The molecule has 1 fully saturated rings. The number of amides is 1. The molecule has 1 aliphatic heterocycles. The van der Waals surface area contributed by atoms with Crippen LogP contribution in [0.25, 0.3) is 10.9 Å². The van der Waals surface area contributed by atoms with E-state index in [1.54, 1.807) is 0 Å². The van der Waals surface area contributed by atoms with Gasteiger partial charge in [-0.15, -0.1) is 0 Å². The molecule has 2 aromatic rings. The highest BCUT2D eigenvalue weighted by atomic mass is 16.2. The lowest BCUT2D eigenvalue weighted by Crippen LogP contribution is -2.42. The summed E-state index contributed by atoms with van der Waals surface area (Å²) in [5.74, 6) is 0.579. The quantitative estimate of drug-likeness (QED) is 0.864.